The molecule has 1 aromatic carbocycles. The van der Waals surface area contributed by atoms with Crippen LogP contribution in [-0.4, -0.2) is 25.2 Å². The molecule has 19 heavy (non-hydrogen) atoms. The SMILES string of the molecule is CCC(C(=O)NCC1CCCO1)c1ccc(Cl)cc1. The van der Waals surface area contributed by atoms with Crippen LogP contribution >= 0.6 is 11.6 Å². The molecule has 4 heteroatoms. The van der Waals surface area contributed by atoms with Gasteiger partial charge in [0.15, 0.2) is 0 Å². The average molecular weight is 282 g/mol. The fourth-order valence-corrected chi connectivity index (χ4v) is 2.54. The average Bonchev–Trinajstić information content (AvgIpc) is 2.92. The zero-order chi connectivity index (χ0) is 13.7. The Balaban J connectivity index is 1.92. The van der Waals surface area contributed by atoms with E-state index in [1.807, 2.05) is 31.2 Å². The topological polar surface area (TPSA) is 38.3 Å². The van der Waals surface area contributed by atoms with Gasteiger partial charge in [-0.25, -0.2) is 0 Å². The molecule has 0 bridgehead atoms. The molecule has 1 aliphatic rings. The van der Waals surface area contributed by atoms with Crippen LogP contribution in [0.3, 0.4) is 0 Å². The molecule has 104 valence electrons. The van der Waals surface area contributed by atoms with E-state index in [-0.39, 0.29) is 17.9 Å². The number of carbonyl (C=O) groups excluding carboxylic acids is 1. The Morgan fingerprint density at radius 3 is 2.79 bits per heavy atom. The highest BCUT2D eigenvalue weighted by molar-refractivity contribution is 6.30. The molecule has 1 aromatic rings. The van der Waals surface area contributed by atoms with E-state index in [9.17, 15) is 4.79 Å². The number of nitrogens with one attached hydrogen (secondary N) is 1. The third-order valence-corrected chi connectivity index (χ3v) is 3.78. The molecule has 2 rings (SSSR count). The monoisotopic (exact) mass is 281 g/mol. The van der Waals surface area contributed by atoms with E-state index in [4.69, 9.17) is 16.3 Å². The van der Waals surface area contributed by atoms with Crippen molar-refractivity contribution < 1.29 is 9.53 Å². The van der Waals surface area contributed by atoms with Crippen molar-refractivity contribution in [3.05, 3.63) is 34.9 Å². The summed E-state index contributed by atoms with van der Waals surface area (Å²) in [6.45, 7) is 3.45. The van der Waals surface area contributed by atoms with E-state index in [1.54, 1.807) is 0 Å². The molecule has 1 amide bonds. The van der Waals surface area contributed by atoms with E-state index in [1.165, 1.54) is 0 Å². The van der Waals surface area contributed by atoms with Crippen LogP contribution in [-0.2, 0) is 9.53 Å². The van der Waals surface area contributed by atoms with Crippen molar-refractivity contribution in [3.8, 4) is 0 Å². The van der Waals surface area contributed by atoms with Gasteiger partial charge >= 0.3 is 0 Å². The van der Waals surface area contributed by atoms with Crippen molar-refractivity contribution >= 4 is 17.5 Å². The lowest BCUT2D eigenvalue weighted by atomic mass is 9.95. The number of rotatable bonds is 5. The third-order valence-electron chi connectivity index (χ3n) is 3.53. The predicted molar refractivity (Wildman–Crippen MR) is 76.5 cm³/mol. The van der Waals surface area contributed by atoms with Crippen molar-refractivity contribution in [1.82, 2.24) is 5.32 Å². The second-order valence-corrected chi connectivity index (χ2v) is 5.33. The number of carbonyl (C=O) groups is 1. The smallest absolute Gasteiger partial charge is 0.227 e. The van der Waals surface area contributed by atoms with Gasteiger partial charge in [-0.15, -0.1) is 0 Å². The summed E-state index contributed by atoms with van der Waals surface area (Å²) in [7, 11) is 0. The van der Waals surface area contributed by atoms with Gasteiger partial charge in [-0.2, -0.15) is 0 Å². The third kappa shape index (κ3) is 3.95. The van der Waals surface area contributed by atoms with Gasteiger partial charge in [0.25, 0.3) is 0 Å². The summed E-state index contributed by atoms with van der Waals surface area (Å²) in [5.41, 5.74) is 1.01. The Hall–Kier alpha value is -1.06. The van der Waals surface area contributed by atoms with Crippen molar-refractivity contribution in [1.29, 1.82) is 0 Å². The Bertz CT molecular complexity index is 413. The fraction of sp³-hybridized carbons (Fsp3) is 0.533. The number of benzene rings is 1. The maximum atomic E-state index is 12.2. The maximum absolute atomic E-state index is 12.2. The molecule has 1 fully saturated rings. The molecule has 0 aliphatic carbocycles. The van der Waals surface area contributed by atoms with Gasteiger partial charge in [0.1, 0.15) is 0 Å². The van der Waals surface area contributed by atoms with Crippen LogP contribution in [0.25, 0.3) is 0 Å². The van der Waals surface area contributed by atoms with Crippen molar-refractivity contribution in [3.63, 3.8) is 0 Å². The first kappa shape index (κ1) is 14.4. The summed E-state index contributed by atoms with van der Waals surface area (Å²) in [6.07, 6.45) is 3.10. The van der Waals surface area contributed by atoms with Crippen LogP contribution < -0.4 is 5.32 Å². The lowest BCUT2D eigenvalue weighted by Gasteiger charge is -2.17. The molecule has 2 unspecified atom stereocenters. The Kier molecular flexibility index (Phi) is 5.23. The summed E-state index contributed by atoms with van der Waals surface area (Å²) in [5.74, 6) is -0.0426. The summed E-state index contributed by atoms with van der Waals surface area (Å²) < 4.78 is 5.51. The lowest BCUT2D eigenvalue weighted by Crippen LogP contribution is -2.35. The van der Waals surface area contributed by atoms with Crippen LogP contribution in [0.4, 0.5) is 0 Å². The lowest BCUT2D eigenvalue weighted by molar-refractivity contribution is -0.123. The van der Waals surface area contributed by atoms with Crippen molar-refractivity contribution in [2.45, 2.75) is 38.2 Å². The van der Waals surface area contributed by atoms with E-state index in [0.717, 1.165) is 31.4 Å². The molecular weight excluding hydrogens is 262 g/mol. The second kappa shape index (κ2) is 6.92. The van der Waals surface area contributed by atoms with E-state index >= 15 is 0 Å². The largest absolute Gasteiger partial charge is 0.376 e. The van der Waals surface area contributed by atoms with Gasteiger partial charge in [0, 0.05) is 18.2 Å². The highest BCUT2D eigenvalue weighted by Crippen LogP contribution is 2.22. The van der Waals surface area contributed by atoms with Gasteiger partial charge in [-0.1, -0.05) is 30.7 Å². The van der Waals surface area contributed by atoms with Crippen LogP contribution in [0, 0.1) is 0 Å². The van der Waals surface area contributed by atoms with E-state index in [2.05, 4.69) is 5.32 Å². The number of halogens is 1. The zero-order valence-electron chi connectivity index (χ0n) is 11.2. The van der Waals surface area contributed by atoms with Crippen LogP contribution in [0.1, 0.15) is 37.7 Å². The second-order valence-electron chi connectivity index (χ2n) is 4.89. The van der Waals surface area contributed by atoms with Gasteiger partial charge in [-0.05, 0) is 37.0 Å². The molecule has 0 saturated carbocycles. The highest BCUT2D eigenvalue weighted by Gasteiger charge is 2.21. The molecule has 1 heterocycles. The number of amides is 1. The molecule has 0 spiro atoms. The van der Waals surface area contributed by atoms with Gasteiger partial charge in [0.05, 0.1) is 12.0 Å². The van der Waals surface area contributed by atoms with Crippen LogP contribution in [0.5, 0.6) is 0 Å². The van der Waals surface area contributed by atoms with E-state index in [0.29, 0.717) is 11.6 Å². The van der Waals surface area contributed by atoms with Crippen molar-refractivity contribution in [2.75, 3.05) is 13.2 Å². The quantitative estimate of drug-likeness (QED) is 0.900. The molecule has 1 N–H and O–H groups in total. The fourth-order valence-electron chi connectivity index (χ4n) is 2.41. The minimum atomic E-state index is -0.112. The zero-order valence-corrected chi connectivity index (χ0v) is 12.0. The molecule has 0 aromatic heterocycles. The summed E-state index contributed by atoms with van der Waals surface area (Å²) in [5, 5.41) is 3.68. The summed E-state index contributed by atoms with van der Waals surface area (Å²) >= 11 is 5.87. The summed E-state index contributed by atoms with van der Waals surface area (Å²) in [6, 6.07) is 7.49. The predicted octanol–water partition coefficient (Wildman–Crippen LogP) is 3.13. The van der Waals surface area contributed by atoms with E-state index < -0.39 is 0 Å². The van der Waals surface area contributed by atoms with Crippen LogP contribution in [0.2, 0.25) is 5.02 Å². The van der Waals surface area contributed by atoms with Gasteiger partial charge < -0.3 is 10.1 Å². The molecule has 1 saturated heterocycles. The Morgan fingerprint density at radius 2 is 2.21 bits per heavy atom. The first-order chi connectivity index (χ1) is 9.20. The number of ether oxygens (including phenoxy) is 1. The molecule has 3 nitrogen and oxygen atoms in total. The minimum Gasteiger partial charge on any atom is -0.376 e. The molecule has 2 atom stereocenters. The first-order valence-electron chi connectivity index (χ1n) is 6.85. The molecule has 0 radical (unpaired) electrons. The minimum absolute atomic E-state index is 0.0697. The molecule has 1 aliphatic heterocycles. The Labute approximate surface area is 119 Å². The van der Waals surface area contributed by atoms with Crippen LogP contribution in [0.15, 0.2) is 24.3 Å². The first-order valence-corrected chi connectivity index (χ1v) is 7.23. The Morgan fingerprint density at radius 1 is 1.47 bits per heavy atom. The number of hydrogen-bond acceptors (Lipinski definition) is 2. The highest BCUT2D eigenvalue weighted by atomic mass is 35.5. The number of hydrogen-bond donors (Lipinski definition) is 1. The standard InChI is InChI=1S/C15H20ClNO2/c1-2-14(11-5-7-12(16)8-6-11)15(18)17-10-13-4-3-9-19-13/h5-8,13-14H,2-4,9-10H2,1H3,(H,17,18). The summed E-state index contributed by atoms with van der Waals surface area (Å²) in [4.78, 5) is 12.2. The van der Waals surface area contributed by atoms with Crippen molar-refractivity contribution in [2.24, 2.45) is 0 Å². The molecular formula is C15H20ClNO2. The normalized spacial score (nSPS) is 20.2. The van der Waals surface area contributed by atoms with Gasteiger partial charge in [-0.3, -0.25) is 4.79 Å². The maximum Gasteiger partial charge on any atom is 0.227 e. The van der Waals surface area contributed by atoms with Gasteiger partial charge in [0.2, 0.25) is 5.91 Å².